The number of aliphatic hydroxyl groups is 1. The number of fused-ring (bicyclic) bond motifs is 6. The van der Waals surface area contributed by atoms with Gasteiger partial charge in [-0.3, -0.25) is 9.97 Å². The van der Waals surface area contributed by atoms with Gasteiger partial charge in [0.25, 0.3) is 0 Å². The van der Waals surface area contributed by atoms with Crippen LogP contribution in [0, 0.1) is 0 Å². The van der Waals surface area contributed by atoms with Gasteiger partial charge in [0, 0.05) is 57.4 Å². The number of ether oxygens (including phenoxy) is 1. The first-order valence-electron chi connectivity index (χ1n) is 12.5. The monoisotopic (exact) mass is 483 g/mol. The van der Waals surface area contributed by atoms with Crippen molar-refractivity contribution in [2.75, 3.05) is 7.11 Å². The highest BCUT2D eigenvalue weighted by Crippen LogP contribution is 2.50. The Hall–Kier alpha value is -4.48. The van der Waals surface area contributed by atoms with Crippen molar-refractivity contribution in [2.24, 2.45) is 0 Å². The average Bonchev–Trinajstić information content (AvgIpc) is 3.42. The third kappa shape index (κ3) is 3.01. The van der Waals surface area contributed by atoms with Crippen LogP contribution < -0.4 is 4.74 Å². The summed E-state index contributed by atoms with van der Waals surface area (Å²) in [5.41, 5.74) is 6.74. The summed E-state index contributed by atoms with van der Waals surface area (Å²) < 4.78 is 7.70. The quantitative estimate of drug-likeness (QED) is 0.309. The van der Waals surface area contributed by atoms with E-state index in [1.165, 1.54) is 21.8 Å². The van der Waals surface area contributed by atoms with Gasteiger partial charge in [0.1, 0.15) is 11.4 Å². The van der Waals surface area contributed by atoms with Crippen molar-refractivity contribution in [1.82, 2.24) is 14.5 Å². The van der Waals surface area contributed by atoms with Gasteiger partial charge in [0.15, 0.2) is 0 Å². The smallest absolute Gasteiger partial charge is 0.144 e. The van der Waals surface area contributed by atoms with Crippen LogP contribution in [0.2, 0.25) is 0 Å². The number of hydrogen-bond acceptors (Lipinski definition) is 4. The van der Waals surface area contributed by atoms with E-state index in [1.54, 1.807) is 13.3 Å². The van der Waals surface area contributed by atoms with Crippen LogP contribution in [0.25, 0.3) is 44.3 Å². The van der Waals surface area contributed by atoms with Crippen molar-refractivity contribution in [3.8, 4) is 28.3 Å². The summed E-state index contributed by atoms with van der Waals surface area (Å²) in [5, 5.41) is 14.8. The van der Waals surface area contributed by atoms with E-state index in [-0.39, 0.29) is 0 Å². The Bertz CT molecular complexity index is 1820. The molecule has 0 aliphatic heterocycles. The van der Waals surface area contributed by atoms with Crippen LogP contribution in [0.1, 0.15) is 23.6 Å². The maximum absolute atomic E-state index is 12.3. The van der Waals surface area contributed by atoms with E-state index in [2.05, 4.69) is 65.0 Å². The highest BCUT2D eigenvalue weighted by molar-refractivity contribution is 6.09. The minimum Gasteiger partial charge on any atom is -0.497 e. The maximum Gasteiger partial charge on any atom is 0.144 e. The van der Waals surface area contributed by atoms with Crippen LogP contribution >= 0.6 is 0 Å². The van der Waals surface area contributed by atoms with Crippen molar-refractivity contribution in [3.05, 3.63) is 114 Å². The van der Waals surface area contributed by atoms with Gasteiger partial charge in [-0.2, -0.15) is 0 Å². The molecule has 5 heteroatoms. The second-order valence-corrected chi connectivity index (χ2v) is 9.45. The molecule has 0 spiro atoms. The summed E-state index contributed by atoms with van der Waals surface area (Å²) >= 11 is 0. The molecule has 1 atom stereocenters. The molecule has 1 N–H and O–H groups in total. The molecule has 3 aromatic carbocycles. The Morgan fingerprint density at radius 2 is 1.57 bits per heavy atom. The molecular formula is C32H25N3O2. The zero-order valence-corrected chi connectivity index (χ0v) is 20.6. The van der Waals surface area contributed by atoms with E-state index in [0.29, 0.717) is 11.4 Å². The van der Waals surface area contributed by atoms with E-state index in [1.807, 2.05) is 42.6 Å². The van der Waals surface area contributed by atoms with E-state index in [4.69, 9.17) is 9.72 Å². The molecule has 1 aliphatic rings. The van der Waals surface area contributed by atoms with Gasteiger partial charge in [-0.05, 0) is 60.5 Å². The number of aryl methyl sites for hydroxylation is 1. The summed E-state index contributed by atoms with van der Waals surface area (Å²) in [6.45, 7) is 3.08. The lowest BCUT2D eigenvalue weighted by Gasteiger charge is -2.26. The second kappa shape index (κ2) is 8.02. The van der Waals surface area contributed by atoms with E-state index >= 15 is 0 Å². The van der Waals surface area contributed by atoms with E-state index in [0.717, 1.165) is 40.1 Å². The summed E-state index contributed by atoms with van der Waals surface area (Å²) in [6.07, 6.45) is 3.63. The standard InChI is InChI=1S/C32H25N3O2/c1-3-35-28-9-5-4-7-24(28)25-17-20(10-15-29(25)35)21-18-27-31(34-19-21)30-26(8-6-16-33-30)32(27,36)22-11-13-23(37-2)14-12-22/h4-19,36H,3H2,1-2H3. The van der Waals surface area contributed by atoms with Gasteiger partial charge in [-0.15, -0.1) is 0 Å². The molecule has 1 aliphatic carbocycles. The average molecular weight is 484 g/mol. The minimum absolute atomic E-state index is 0.710. The first-order valence-corrected chi connectivity index (χ1v) is 12.5. The molecule has 3 heterocycles. The van der Waals surface area contributed by atoms with Crippen LogP contribution in [-0.4, -0.2) is 26.8 Å². The van der Waals surface area contributed by atoms with Gasteiger partial charge in [-0.25, -0.2) is 0 Å². The van der Waals surface area contributed by atoms with E-state index in [9.17, 15) is 5.11 Å². The number of pyridine rings is 2. The minimum atomic E-state index is -1.36. The summed E-state index contributed by atoms with van der Waals surface area (Å²) in [4.78, 5) is 9.44. The van der Waals surface area contributed by atoms with Crippen LogP contribution in [0.4, 0.5) is 0 Å². The first-order chi connectivity index (χ1) is 18.1. The lowest BCUT2D eigenvalue weighted by Crippen LogP contribution is -2.26. The molecule has 0 amide bonds. The Morgan fingerprint density at radius 3 is 2.38 bits per heavy atom. The van der Waals surface area contributed by atoms with Gasteiger partial charge in [0.2, 0.25) is 0 Å². The zero-order valence-electron chi connectivity index (χ0n) is 20.6. The SMILES string of the molecule is CCn1c2ccccc2c2cc(-c3cnc4c(c3)C(O)(c3ccc(OC)cc3)c3cccnc3-4)ccc21. The topological polar surface area (TPSA) is 60.2 Å². The predicted octanol–water partition coefficient (Wildman–Crippen LogP) is 6.54. The number of methoxy groups -OCH3 is 1. The predicted molar refractivity (Wildman–Crippen MR) is 147 cm³/mol. The number of nitrogens with zero attached hydrogens (tertiary/aromatic N) is 3. The molecule has 0 fully saturated rings. The van der Waals surface area contributed by atoms with Crippen LogP contribution in [0.15, 0.2) is 97.3 Å². The largest absolute Gasteiger partial charge is 0.497 e. The molecule has 37 heavy (non-hydrogen) atoms. The van der Waals surface area contributed by atoms with Gasteiger partial charge in [0.05, 0.1) is 18.5 Å². The summed E-state index contributed by atoms with van der Waals surface area (Å²) in [7, 11) is 1.64. The lowest BCUT2D eigenvalue weighted by molar-refractivity contribution is 0.130. The molecule has 7 rings (SSSR count). The Labute approximate surface area is 214 Å². The Balaban J connectivity index is 1.43. The molecule has 0 radical (unpaired) electrons. The van der Waals surface area contributed by atoms with Crippen LogP contribution in [0.5, 0.6) is 5.75 Å². The number of rotatable bonds is 4. The molecule has 0 saturated heterocycles. The zero-order chi connectivity index (χ0) is 25.1. The van der Waals surface area contributed by atoms with Crippen LogP contribution in [-0.2, 0) is 12.1 Å². The van der Waals surface area contributed by atoms with Crippen molar-refractivity contribution < 1.29 is 9.84 Å². The Kier molecular flexibility index (Phi) is 4.72. The second-order valence-electron chi connectivity index (χ2n) is 9.45. The fourth-order valence-electron chi connectivity index (χ4n) is 5.84. The molecule has 1 unspecified atom stereocenters. The van der Waals surface area contributed by atoms with Crippen molar-refractivity contribution >= 4 is 21.8 Å². The summed E-state index contributed by atoms with van der Waals surface area (Å²) in [6, 6.07) is 28.5. The van der Waals surface area contributed by atoms with Gasteiger partial charge in [-0.1, -0.05) is 42.5 Å². The molecule has 0 saturated carbocycles. The molecule has 0 bridgehead atoms. The summed E-state index contributed by atoms with van der Waals surface area (Å²) in [5.74, 6) is 0.739. The van der Waals surface area contributed by atoms with Crippen molar-refractivity contribution in [3.63, 3.8) is 0 Å². The number of para-hydroxylation sites is 1. The lowest BCUT2D eigenvalue weighted by atomic mass is 9.84. The molecule has 6 aromatic rings. The highest BCUT2D eigenvalue weighted by Gasteiger charge is 2.45. The number of hydrogen-bond donors (Lipinski definition) is 1. The fraction of sp³-hybridized carbons (Fsp3) is 0.125. The van der Waals surface area contributed by atoms with Crippen molar-refractivity contribution in [2.45, 2.75) is 19.1 Å². The molecule has 5 nitrogen and oxygen atoms in total. The maximum atomic E-state index is 12.3. The van der Waals surface area contributed by atoms with Crippen LogP contribution in [0.3, 0.4) is 0 Å². The van der Waals surface area contributed by atoms with Crippen molar-refractivity contribution in [1.29, 1.82) is 0 Å². The third-order valence-corrected chi connectivity index (χ3v) is 7.63. The van der Waals surface area contributed by atoms with Gasteiger partial charge >= 0.3 is 0 Å². The van der Waals surface area contributed by atoms with E-state index < -0.39 is 5.60 Å². The third-order valence-electron chi connectivity index (χ3n) is 7.63. The highest BCUT2D eigenvalue weighted by atomic mass is 16.5. The first kappa shape index (κ1) is 21.8. The Morgan fingerprint density at radius 1 is 0.784 bits per heavy atom. The van der Waals surface area contributed by atoms with Gasteiger partial charge < -0.3 is 14.4 Å². The number of benzene rings is 3. The molecule has 3 aromatic heterocycles. The molecular weight excluding hydrogens is 458 g/mol. The number of aromatic nitrogens is 3. The fourth-order valence-corrected chi connectivity index (χ4v) is 5.84. The molecule has 180 valence electrons. The normalized spacial score (nSPS) is 16.2.